The molecule has 144 valence electrons. The molecule has 0 saturated heterocycles. The van der Waals surface area contributed by atoms with Gasteiger partial charge in [0.1, 0.15) is 11.5 Å². The number of nitrogens with one attached hydrogen (secondary N) is 1. The molecule has 2 N–H and O–H groups in total. The molecule has 0 heterocycles. The summed E-state index contributed by atoms with van der Waals surface area (Å²) in [7, 11) is 1.60. The maximum absolute atomic E-state index is 12.6. The molecule has 6 nitrogen and oxygen atoms in total. The highest BCUT2D eigenvalue weighted by Gasteiger charge is 2.18. The molecule has 0 aromatic heterocycles. The predicted octanol–water partition coefficient (Wildman–Crippen LogP) is 4.30. The quantitative estimate of drug-likeness (QED) is 0.655. The lowest BCUT2D eigenvalue weighted by atomic mass is 10.2. The van der Waals surface area contributed by atoms with Gasteiger partial charge in [-0.15, -0.1) is 11.8 Å². The molecule has 27 heavy (non-hydrogen) atoms. The Bertz CT molecular complexity index is 805. The third kappa shape index (κ3) is 5.92. The van der Waals surface area contributed by atoms with Crippen LogP contribution in [-0.4, -0.2) is 35.4 Å². The van der Waals surface area contributed by atoms with E-state index in [2.05, 4.69) is 5.32 Å². The molecule has 0 radical (unpaired) electrons. The van der Waals surface area contributed by atoms with Crippen LogP contribution in [0.15, 0.2) is 47.4 Å². The normalized spacial score (nSPS) is 11.7. The fourth-order valence-electron chi connectivity index (χ4n) is 2.26. The number of carboxylic acids is 1. The highest BCUT2D eigenvalue weighted by atomic mass is 32.2. The van der Waals surface area contributed by atoms with E-state index < -0.39 is 11.2 Å². The van der Waals surface area contributed by atoms with Crippen LogP contribution in [0.5, 0.6) is 11.5 Å². The number of carboxylic acid groups (broad SMARTS) is 1. The number of carbonyl (C=O) groups is 2. The molecule has 0 spiro atoms. The van der Waals surface area contributed by atoms with Gasteiger partial charge in [-0.1, -0.05) is 0 Å². The lowest BCUT2D eigenvalue weighted by Crippen LogP contribution is -2.23. The molecule has 1 unspecified atom stereocenters. The first-order valence-electron chi connectivity index (χ1n) is 8.45. The number of methoxy groups -OCH3 is 1. The summed E-state index contributed by atoms with van der Waals surface area (Å²) in [5, 5.41) is 11.6. The van der Waals surface area contributed by atoms with Gasteiger partial charge in [0, 0.05) is 4.90 Å². The van der Waals surface area contributed by atoms with Gasteiger partial charge >= 0.3 is 5.97 Å². The number of benzene rings is 2. The summed E-state index contributed by atoms with van der Waals surface area (Å²) in [6, 6.07) is 11.8. The fourth-order valence-corrected chi connectivity index (χ4v) is 3.13. The second-order valence-corrected chi connectivity index (χ2v) is 7.52. The Morgan fingerprint density at radius 1 is 1.07 bits per heavy atom. The molecule has 0 bridgehead atoms. The van der Waals surface area contributed by atoms with Gasteiger partial charge in [0.15, 0.2) is 0 Å². The highest BCUT2D eigenvalue weighted by Crippen LogP contribution is 2.30. The number of amides is 1. The zero-order chi connectivity index (χ0) is 20.0. The van der Waals surface area contributed by atoms with Crippen LogP contribution in [0.1, 0.15) is 31.1 Å². The predicted molar refractivity (Wildman–Crippen MR) is 106 cm³/mol. The molecule has 7 heteroatoms. The third-order valence-electron chi connectivity index (χ3n) is 3.59. The Balaban J connectivity index is 2.14. The van der Waals surface area contributed by atoms with Crippen LogP contribution < -0.4 is 14.8 Å². The monoisotopic (exact) mass is 389 g/mol. The molecule has 0 fully saturated rings. The Morgan fingerprint density at radius 2 is 1.74 bits per heavy atom. The SMILES string of the molecule is COc1ccc(SC(C)C(=O)Nc2cc(C(=O)O)ccc2OC(C)C)cc1. The fraction of sp³-hybridized carbons (Fsp3) is 0.300. The van der Waals surface area contributed by atoms with Gasteiger partial charge in [-0.05, 0) is 63.2 Å². The number of anilines is 1. The smallest absolute Gasteiger partial charge is 0.335 e. The topological polar surface area (TPSA) is 84.9 Å². The minimum absolute atomic E-state index is 0.0804. The van der Waals surface area contributed by atoms with Crippen molar-refractivity contribution < 1.29 is 24.2 Å². The van der Waals surface area contributed by atoms with Crippen LogP contribution in [0.25, 0.3) is 0 Å². The third-order valence-corrected chi connectivity index (χ3v) is 4.70. The molecule has 2 rings (SSSR count). The number of carbonyl (C=O) groups excluding carboxylic acids is 1. The highest BCUT2D eigenvalue weighted by molar-refractivity contribution is 8.00. The van der Waals surface area contributed by atoms with E-state index in [1.807, 2.05) is 38.1 Å². The zero-order valence-corrected chi connectivity index (χ0v) is 16.5. The van der Waals surface area contributed by atoms with Crippen molar-refractivity contribution in [3.05, 3.63) is 48.0 Å². The van der Waals surface area contributed by atoms with E-state index in [1.54, 1.807) is 20.1 Å². The summed E-state index contributed by atoms with van der Waals surface area (Å²) in [6.45, 7) is 5.51. The molecule has 0 aliphatic heterocycles. The van der Waals surface area contributed by atoms with E-state index in [9.17, 15) is 14.7 Å². The Kier molecular flexibility index (Phi) is 7.12. The van der Waals surface area contributed by atoms with Gasteiger partial charge in [0.05, 0.1) is 29.7 Å². The van der Waals surface area contributed by atoms with Crippen LogP contribution in [0.2, 0.25) is 0 Å². The summed E-state index contributed by atoms with van der Waals surface area (Å²) < 4.78 is 10.8. The van der Waals surface area contributed by atoms with Crippen LogP contribution in [0, 0.1) is 0 Å². The van der Waals surface area contributed by atoms with Crippen LogP contribution in [0.4, 0.5) is 5.69 Å². The molecule has 1 amide bonds. The van der Waals surface area contributed by atoms with E-state index in [0.29, 0.717) is 11.4 Å². The summed E-state index contributed by atoms with van der Waals surface area (Å²) in [5.41, 5.74) is 0.424. The lowest BCUT2D eigenvalue weighted by molar-refractivity contribution is -0.115. The second-order valence-electron chi connectivity index (χ2n) is 6.11. The number of hydrogen-bond donors (Lipinski definition) is 2. The number of aromatic carboxylic acids is 1. The van der Waals surface area contributed by atoms with Gasteiger partial charge in [-0.2, -0.15) is 0 Å². The molecule has 2 aromatic carbocycles. The van der Waals surface area contributed by atoms with Gasteiger partial charge < -0.3 is 19.9 Å². The van der Waals surface area contributed by atoms with E-state index >= 15 is 0 Å². The van der Waals surface area contributed by atoms with Crippen molar-refractivity contribution in [3.8, 4) is 11.5 Å². The standard InChI is InChI=1S/C20H23NO5S/c1-12(2)26-18-10-5-14(20(23)24)11-17(18)21-19(22)13(3)27-16-8-6-15(25-4)7-9-16/h5-13H,1-4H3,(H,21,22)(H,23,24). The number of thioether (sulfide) groups is 1. The van der Waals surface area contributed by atoms with Crippen molar-refractivity contribution in [2.24, 2.45) is 0 Å². The summed E-state index contributed by atoms with van der Waals surface area (Å²) >= 11 is 1.40. The van der Waals surface area contributed by atoms with Crippen molar-refractivity contribution in [1.29, 1.82) is 0 Å². The van der Waals surface area contributed by atoms with Crippen molar-refractivity contribution in [2.45, 2.75) is 37.0 Å². The van der Waals surface area contributed by atoms with E-state index in [0.717, 1.165) is 10.6 Å². The molecular formula is C20H23NO5S. The minimum Gasteiger partial charge on any atom is -0.497 e. The minimum atomic E-state index is -1.07. The molecule has 0 saturated carbocycles. The van der Waals surface area contributed by atoms with Crippen LogP contribution in [0.3, 0.4) is 0 Å². The first-order valence-corrected chi connectivity index (χ1v) is 9.33. The number of hydrogen-bond acceptors (Lipinski definition) is 5. The van der Waals surface area contributed by atoms with Gasteiger partial charge in [0.2, 0.25) is 5.91 Å². The number of ether oxygens (including phenoxy) is 2. The number of rotatable bonds is 8. The van der Waals surface area contributed by atoms with Gasteiger partial charge in [-0.25, -0.2) is 4.79 Å². The van der Waals surface area contributed by atoms with Gasteiger partial charge in [0.25, 0.3) is 0 Å². The van der Waals surface area contributed by atoms with E-state index in [-0.39, 0.29) is 17.6 Å². The largest absolute Gasteiger partial charge is 0.497 e. The van der Waals surface area contributed by atoms with Gasteiger partial charge in [-0.3, -0.25) is 4.79 Å². The molecule has 2 aromatic rings. The van der Waals surface area contributed by atoms with Crippen LogP contribution in [-0.2, 0) is 4.79 Å². The Morgan fingerprint density at radius 3 is 2.30 bits per heavy atom. The summed E-state index contributed by atoms with van der Waals surface area (Å²) in [6.07, 6.45) is -0.109. The maximum atomic E-state index is 12.6. The molecular weight excluding hydrogens is 366 g/mol. The Hall–Kier alpha value is -2.67. The lowest BCUT2D eigenvalue weighted by Gasteiger charge is -2.17. The molecule has 0 aliphatic carbocycles. The average molecular weight is 389 g/mol. The van der Waals surface area contributed by atoms with Crippen LogP contribution >= 0.6 is 11.8 Å². The molecule has 0 aliphatic rings. The summed E-state index contributed by atoms with van der Waals surface area (Å²) in [5.74, 6) is -0.128. The van der Waals surface area contributed by atoms with Crippen molar-refractivity contribution in [3.63, 3.8) is 0 Å². The van der Waals surface area contributed by atoms with Crippen molar-refractivity contribution in [1.82, 2.24) is 0 Å². The zero-order valence-electron chi connectivity index (χ0n) is 15.7. The second kappa shape index (κ2) is 9.32. The Labute approximate surface area is 162 Å². The summed E-state index contributed by atoms with van der Waals surface area (Å²) in [4.78, 5) is 24.8. The van der Waals surface area contributed by atoms with E-state index in [1.165, 1.54) is 23.9 Å². The molecule has 1 atom stereocenters. The van der Waals surface area contributed by atoms with E-state index in [4.69, 9.17) is 9.47 Å². The first kappa shape index (κ1) is 20.6. The van der Waals surface area contributed by atoms with Crippen molar-refractivity contribution >= 4 is 29.3 Å². The first-order chi connectivity index (χ1) is 12.8. The van der Waals surface area contributed by atoms with Crippen molar-refractivity contribution in [2.75, 3.05) is 12.4 Å². The maximum Gasteiger partial charge on any atom is 0.335 e. The average Bonchev–Trinajstić information content (AvgIpc) is 2.63.